The van der Waals surface area contributed by atoms with E-state index in [0.717, 1.165) is 48.3 Å². The third-order valence-electron chi connectivity index (χ3n) is 6.84. The Kier molecular flexibility index (Phi) is 6.68. The summed E-state index contributed by atoms with van der Waals surface area (Å²) in [6, 6.07) is 14.9. The minimum atomic E-state index is -4.34. The van der Waals surface area contributed by atoms with Gasteiger partial charge in [0.05, 0.1) is 5.56 Å². The summed E-state index contributed by atoms with van der Waals surface area (Å²) < 4.78 is 53.3. The molecule has 4 heteroatoms. The van der Waals surface area contributed by atoms with Crippen LogP contribution in [0.5, 0.6) is 0 Å². The molecule has 0 unspecified atom stereocenters. The summed E-state index contributed by atoms with van der Waals surface area (Å²) in [6.45, 7) is 3.85. The number of rotatable bonds is 6. The van der Waals surface area contributed by atoms with Crippen molar-refractivity contribution in [1.82, 2.24) is 0 Å². The van der Waals surface area contributed by atoms with Crippen LogP contribution < -0.4 is 0 Å². The summed E-state index contributed by atoms with van der Waals surface area (Å²) >= 11 is 0. The Balaban J connectivity index is 1.45. The molecule has 0 radical (unpaired) electrons. The summed E-state index contributed by atoms with van der Waals surface area (Å²) in [5.41, 5.74) is 1.98. The van der Waals surface area contributed by atoms with E-state index in [0.29, 0.717) is 29.7 Å². The largest absolute Gasteiger partial charge is 0.416 e. The van der Waals surface area contributed by atoms with Gasteiger partial charge >= 0.3 is 6.18 Å². The smallest absolute Gasteiger partial charge is 0.206 e. The normalized spacial score (nSPS) is 19.2. The van der Waals surface area contributed by atoms with Gasteiger partial charge in [-0.2, -0.15) is 13.2 Å². The van der Waals surface area contributed by atoms with E-state index < -0.39 is 11.7 Å². The number of fused-ring (bicyclic) bond motifs is 1. The lowest BCUT2D eigenvalue weighted by Gasteiger charge is -2.28. The zero-order chi connectivity index (χ0) is 22.7. The van der Waals surface area contributed by atoms with Crippen LogP contribution in [0, 0.1) is 11.7 Å². The molecule has 3 aromatic carbocycles. The molecule has 168 valence electrons. The highest BCUT2D eigenvalue weighted by molar-refractivity contribution is 5.84. The van der Waals surface area contributed by atoms with Crippen LogP contribution >= 0.6 is 0 Å². The molecule has 0 nitrogen and oxygen atoms in total. The summed E-state index contributed by atoms with van der Waals surface area (Å²) in [5.74, 6) is 1.05. The average molecular weight is 441 g/mol. The Morgan fingerprint density at radius 2 is 1.59 bits per heavy atom. The van der Waals surface area contributed by atoms with Gasteiger partial charge in [0.1, 0.15) is 5.82 Å². The lowest BCUT2D eigenvalue weighted by molar-refractivity contribution is -0.137. The van der Waals surface area contributed by atoms with Gasteiger partial charge in [-0.25, -0.2) is 4.39 Å². The highest BCUT2D eigenvalue weighted by atomic mass is 19.4. The van der Waals surface area contributed by atoms with Crippen LogP contribution in [0.1, 0.15) is 60.3 Å². The second kappa shape index (κ2) is 9.48. The SMILES string of the molecule is C=CCC1CCC(c2ccc3c(F)c(CCc4ccc(C(F)(F)F)cc4)ccc3c2)CC1. The predicted molar refractivity (Wildman–Crippen MR) is 122 cm³/mol. The van der Waals surface area contributed by atoms with Gasteiger partial charge < -0.3 is 0 Å². The predicted octanol–water partition coefficient (Wildman–Crippen LogP) is 8.63. The number of aryl methyl sites for hydroxylation is 2. The zero-order valence-electron chi connectivity index (χ0n) is 18.1. The molecule has 0 spiro atoms. The number of hydrogen-bond acceptors (Lipinski definition) is 0. The van der Waals surface area contributed by atoms with Crippen LogP contribution in [-0.4, -0.2) is 0 Å². The van der Waals surface area contributed by atoms with E-state index >= 15 is 4.39 Å². The zero-order valence-corrected chi connectivity index (χ0v) is 18.1. The van der Waals surface area contributed by atoms with Crippen molar-refractivity contribution in [3.63, 3.8) is 0 Å². The Bertz CT molecular complexity index is 1070. The van der Waals surface area contributed by atoms with Crippen LogP contribution in [0.4, 0.5) is 17.6 Å². The van der Waals surface area contributed by atoms with Gasteiger partial charge in [-0.3, -0.25) is 0 Å². The molecule has 0 aliphatic heterocycles. The molecule has 4 rings (SSSR count). The maximum absolute atomic E-state index is 15.1. The van der Waals surface area contributed by atoms with Gasteiger partial charge in [0.15, 0.2) is 0 Å². The van der Waals surface area contributed by atoms with E-state index in [-0.39, 0.29) is 5.82 Å². The second-order valence-electron chi connectivity index (χ2n) is 8.96. The third-order valence-corrected chi connectivity index (χ3v) is 6.84. The van der Waals surface area contributed by atoms with E-state index in [1.165, 1.54) is 30.5 Å². The molecule has 0 heterocycles. The molecular weight excluding hydrogens is 412 g/mol. The minimum absolute atomic E-state index is 0.226. The van der Waals surface area contributed by atoms with Gasteiger partial charge in [0.25, 0.3) is 0 Å². The van der Waals surface area contributed by atoms with Crippen LogP contribution in [0.25, 0.3) is 10.8 Å². The first-order valence-corrected chi connectivity index (χ1v) is 11.3. The summed E-state index contributed by atoms with van der Waals surface area (Å²) in [5, 5.41) is 1.52. The number of benzene rings is 3. The fourth-order valence-electron chi connectivity index (χ4n) is 4.91. The van der Waals surface area contributed by atoms with E-state index in [9.17, 15) is 13.2 Å². The van der Waals surface area contributed by atoms with Gasteiger partial charge in [0, 0.05) is 5.39 Å². The molecule has 1 saturated carbocycles. The summed E-state index contributed by atoms with van der Waals surface area (Å²) in [7, 11) is 0. The lowest BCUT2D eigenvalue weighted by atomic mass is 9.77. The van der Waals surface area contributed by atoms with Crippen LogP contribution in [0.2, 0.25) is 0 Å². The molecule has 0 saturated heterocycles. The number of halogens is 4. The highest BCUT2D eigenvalue weighted by Gasteiger charge is 2.29. The molecular formula is C28H28F4. The topological polar surface area (TPSA) is 0 Å². The molecule has 0 bridgehead atoms. The third kappa shape index (κ3) is 5.06. The quantitative estimate of drug-likeness (QED) is 0.266. The first-order valence-electron chi connectivity index (χ1n) is 11.3. The van der Waals surface area contributed by atoms with Crippen molar-refractivity contribution in [2.45, 2.75) is 57.0 Å². The van der Waals surface area contributed by atoms with Gasteiger partial charge in [-0.05, 0) is 91.0 Å². The van der Waals surface area contributed by atoms with E-state index in [4.69, 9.17) is 0 Å². The number of allylic oxidation sites excluding steroid dienone is 1. The standard InChI is InChI=1S/C28H28F4/c1-2-3-19-4-9-21(10-5-19)23-14-17-26-24(18-23)13-12-22(27(26)29)11-6-20-7-15-25(16-8-20)28(30,31)32/h2,7-8,12-19,21H,1,3-6,9-11H2. The lowest BCUT2D eigenvalue weighted by Crippen LogP contribution is -2.12. The van der Waals surface area contributed by atoms with Crippen molar-refractivity contribution in [3.05, 3.63) is 95.3 Å². The van der Waals surface area contributed by atoms with Crippen LogP contribution in [0.3, 0.4) is 0 Å². The Labute approximate surface area is 187 Å². The van der Waals surface area contributed by atoms with Crippen LogP contribution in [0.15, 0.2) is 67.3 Å². The van der Waals surface area contributed by atoms with Gasteiger partial charge in [-0.15, -0.1) is 6.58 Å². The van der Waals surface area contributed by atoms with Crippen molar-refractivity contribution < 1.29 is 17.6 Å². The van der Waals surface area contributed by atoms with E-state index in [1.54, 1.807) is 0 Å². The van der Waals surface area contributed by atoms with Crippen molar-refractivity contribution >= 4 is 10.8 Å². The highest BCUT2D eigenvalue weighted by Crippen LogP contribution is 2.38. The van der Waals surface area contributed by atoms with Crippen molar-refractivity contribution in [3.8, 4) is 0 Å². The minimum Gasteiger partial charge on any atom is -0.206 e. The fraction of sp³-hybridized carbons (Fsp3) is 0.357. The van der Waals surface area contributed by atoms with Gasteiger partial charge in [0.2, 0.25) is 0 Å². The first-order chi connectivity index (χ1) is 15.3. The molecule has 3 aromatic rings. The van der Waals surface area contributed by atoms with E-state index in [1.807, 2.05) is 24.3 Å². The summed E-state index contributed by atoms with van der Waals surface area (Å²) in [6.07, 6.45) is 4.46. The van der Waals surface area contributed by atoms with Crippen molar-refractivity contribution in [1.29, 1.82) is 0 Å². The molecule has 32 heavy (non-hydrogen) atoms. The molecule has 1 fully saturated rings. The molecule has 0 N–H and O–H groups in total. The summed E-state index contributed by atoms with van der Waals surface area (Å²) in [4.78, 5) is 0. The monoisotopic (exact) mass is 440 g/mol. The Morgan fingerprint density at radius 1 is 0.875 bits per heavy atom. The second-order valence-corrected chi connectivity index (χ2v) is 8.96. The number of hydrogen-bond donors (Lipinski definition) is 0. The molecule has 1 aliphatic rings. The van der Waals surface area contributed by atoms with Crippen LogP contribution in [-0.2, 0) is 19.0 Å². The van der Waals surface area contributed by atoms with E-state index in [2.05, 4.69) is 18.7 Å². The maximum Gasteiger partial charge on any atom is 0.416 e. The molecule has 0 amide bonds. The van der Waals surface area contributed by atoms with Crippen molar-refractivity contribution in [2.24, 2.45) is 5.92 Å². The average Bonchev–Trinajstić information content (AvgIpc) is 2.79. The van der Waals surface area contributed by atoms with Crippen molar-refractivity contribution in [2.75, 3.05) is 0 Å². The first kappa shape index (κ1) is 22.6. The maximum atomic E-state index is 15.1. The fourth-order valence-corrected chi connectivity index (χ4v) is 4.91. The number of alkyl halides is 3. The Morgan fingerprint density at radius 3 is 2.25 bits per heavy atom. The molecule has 1 aliphatic carbocycles. The Hall–Kier alpha value is -2.62. The molecule has 0 aromatic heterocycles. The molecule has 0 atom stereocenters. The van der Waals surface area contributed by atoms with Gasteiger partial charge in [-0.1, -0.05) is 48.5 Å².